The largest absolute Gasteiger partial charge is 0.308 e. The van der Waals surface area contributed by atoms with Gasteiger partial charge < -0.3 is 8.22 Å². The Hall–Kier alpha value is -0.486. The molecule has 0 nitrogen and oxygen atoms in total. The topological polar surface area (TPSA) is 0 Å². The van der Waals surface area contributed by atoms with E-state index in [0.29, 0.717) is 10.4 Å². The van der Waals surface area contributed by atoms with E-state index in [4.69, 9.17) is 0 Å². The molecule has 0 N–H and O–H groups in total. The van der Waals surface area contributed by atoms with Crippen LogP contribution in [0.15, 0.2) is 24.3 Å². The number of benzene rings is 1. The van der Waals surface area contributed by atoms with Crippen LogP contribution in [0.2, 0.25) is 26.2 Å². The summed E-state index contributed by atoms with van der Waals surface area (Å²) in [5.41, 5.74) is 0. The SMILES string of the molecule is C[Si](C)(F)c1ccccc1[Si](C)(C)F. The molecule has 4 heteroatoms. The number of hydrogen-bond donors (Lipinski definition) is 0. The molecule has 0 spiro atoms. The average Bonchev–Trinajstić information content (AvgIpc) is 2.01. The van der Waals surface area contributed by atoms with E-state index in [1.165, 1.54) is 0 Å². The van der Waals surface area contributed by atoms with Gasteiger partial charge in [0.2, 0.25) is 0 Å². The molecule has 14 heavy (non-hydrogen) atoms. The van der Waals surface area contributed by atoms with Crippen LogP contribution >= 0.6 is 0 Å². The second-order valence-electron chi connectivity index (χ2n) is 4.49. The van der Waals surface area contributed by atoms with Gasteiger partial charge in [-0.2, -0.15) is 0 Å². The Bertz CT molecular complexity index is 291. The van der Waals surface area contributed by atoms with E-state index in [9.17, 15) is 8.22 Å². The van der Waals surface area contributed by atoms with E-state index in [1.807, 2.05) is 0 Å². The van der Waals surface area contributed by atoms with Crippen molar-refractivity contribution in [3.63, 3.8) is 0 Å². The first-order valence-electron chi connectivity index (χ1n) is 4.71. The molecule has 1 rings (SSSR count). The van der Waals surface area contributed by atoms with Gasteiger partial charge in [-0.05, 0) is 36.6 Å². The molecular weight excluding hydrogens is 214 g/mol. The maximum absolute atomic E-state index is 13.9. The Balaban J connectivity index is 3.31. The van der Waals surface area contributed by atoms with E-state index in [0.717, 1.165) is 0 Å². The van der Waals surface area contributed by atoms with Crippen LogP contribution in [0.4, 0.5) is 8.22 Å². The first-order valence-corrected chi connectivity index (χ1v) is 10.5. The zero-order valence-electron chi connectivity index (χ0n) is 9.07. The fourth-order valence-electron chi connectivity index (χ4n) is 1.52. The number of rotatable bonds is 2. The molecule has 0 bridgehead atoms. The number of hydrogen-bond acceptors (Lipinski definition) is 0. The summed E-state index contributed by atoms with van der Waals surface area (Å²) in [4.78, 5) is 0. The molecule has 0 aliphatic rings. The summed E-state index contributed by atoms with van der Waals surface area (Å²) in [6.45, 7) is 6.41. The van der Waals surface area contributed by atoms with E-state index >= 15 is 0 Å². The Kier molecular flexibility index (Phi) is 2.97. The maximum atomic E-state index is 13.9. The molecule has 0 aromatic heterocycles. The molecule has 0 aliphatic heterocycles. The highest BCUT2D eigenvalue weighted by atomic mass is 28.4. The summed E-state index contributed by atoms with van der Waals surface area (Å²) >= 11 is 0. The minimum absolute atomic E-state index is 0.624. The molecule has 1 aromatic rings. The lowest BCUT2D eigenvalue weighted by molar-refractivity contribution is 0.814. The van der Waals surface area contributed by atoms with Gasteiger partial charge in [-0.15, -0.1) is 0 Å². The number of halogens is 2. The molecule has 1 aromatic carbocycles. The molecule has 0 heterocycles. The highest BCUT2D eigenvalue weighted by Gasteiger charge is 2.34. The molecular formula is C10H16F2Si2. The average molecular weight is 230 g/mol. The van der Waals surface area contributed by atoms with E-state index < -0.39 is 16.8 Å². The van der Waals surface area contributed by atoms with Gasteiger partial charge in [-0.3, -0.25) is 0 Å². The van der Waals surface area contributed by atoms with E-state index in [2.05, 4.69) is 0 Å². The molecule has 0 atom stereocenters. The Morgan fingerprint density at radius 2 is 1.07 bits per heavy atom. The third-order valence-electron chi connectivity index (χ3n) is 2.21. The van der Waals surface area contributed by atoms with Crippen molar-refractivity contribution in [2.45, 2.75) is 26.2 Å². The summed E-state index contributed by atoms with van der Waals surface area (Å²) in [6, 6.07) is 7.03. The highest BCUT2D eigenvalue weighted by molar-refractivity contribution is 6.94. The monoisotopic (exact) mass is 230 g/mol. The first kappa shape index (κ1) is 11.6. The van der Waals surface area contributed by atoms with Crippen molar-refractivity contribution >= 4 is 27.2 Å². The summed E-state index contributed by atoms with van der Waals surface area (Å²) in [5, 5.41) is 1.25. The van der Waals surface area contributed by atoms with Gasteiger partial charge in [-0.1, -0.05) is 24.3 Å². The third kappa shape index (κ3) is 2.51. The van der Waals surface area contributed by atoms with Crippen LogP contribution < -0.4 is 10.4 Å². The van der Waals surface area contributed by atoms with Gasteiger partial charge in [0.05, 0.1) is 0 Å². The highest BCUT2D eigenvalue weighted by Crippen LogP contribution is 2.08. The van der Waals surface area contributed by atoms with Crippen LogP contribution in [0.5, 0.6) is 0 Å². The summed E-state index contributed by atoms with van der Waals surface area (Å²) < 4.78 is 27.8. The van der Waals surface area contributed by atoms with Crippen LogP contribution in [0.1, 0.15) is 0 Å². The summed E-state index contributed by atoms with van der Waals surface area (Å²) in [7, 11) is -5.79. The van der Waals surface area contributed by atoms with Crippen molar-refractivity contribution < 1.29 is 8.22 Å². The molecule has 78 valence electrons. The lowest BCUT2D eigenvalue weighted by Gasteiger charge is -2.21. The third-order valence-corrected chi connectivity index (χ3v) is 5.89. The van der Waals surface area contributed by atoms with Gasteiger partial charge >= 0.3 is 0 Å². The first-order chi connectivity index (χ1) is 6.23. The van der Waals surface area contributed by atoms with Gasteiger partial charge in [0.1, 0.15) is 0 Å². The van der Waals surface area contributed by atoms with Gasteiger partial charge in [0.15, 0.2) is 0 Å². The van der Waals surface area contributed by atoms with Crippen molar-refractivity contribution in [3.05, 3.63) is 24.3 Å². The molecule has 0 saturated carbocycles. The van der Waals surface area contributed by atoms with E-state index in [-0.39, 0.29) is 0 Å². The molecule has 0 radical (unpaired) electrons. The van der Waals surface area contributed by atoms with Crippen molar-refractivity contribution in [2.24, 2.45) is 0 Å². The maximum Gasteiger partial charge on any atom is 0.271 e. The van der Waals surface area contributed by atoms with Crippen molar-refractivity contribution in [3.8, 4) is 0 Å². The second-order valence-corrected chi connectivity index (χ2v) is 11.5. The van der Waals surface area contributed by atoms with Crippen molar-refractivity contribution in [2.75, 3.05) is 0 Å². The standard InChI is InChI=1S/C10H16F2Si2/c1-13(2,11)9-7-5-6-8-10(9)14(3,4)12/h5-8H,1-4H3. The minimum Gasteiger partial charge on any atom is -0.308 e. The molecule has 0 unspecified atom stereocenters. The molecule has 0 aliphatic carbocycles. The van der Waals surface area contributed by atoms with Gasteiger partial charge in [-0.25, -0.2) is 0 Å². The predicted molar refractivity (Wildman–Crippen MR) is 62.9 cm³/mol. The fraction of sp³-hybridized carbons (Fsp3) is 0.400. The normalized spacial score (nSPS) is 13.0. The van der Waals surface area contributed by atoms with Crippen LogP contribution in [0, 0.1) is 0 Å². The van der Waals surface area contributed by atoms with Gasteiger partial charge in [0.25, 0.3) is 16.8 Å². The molecule has 0 fully saturated rings. The van der Waals surface area contributed by atoms with Crippen LogP contribution in [0.25, 0.3) is 0 Å². The van der Waals surface area contributed by atoms with Crippen LogP contribution in [-0.2, 0) is 0 Å². The zero-order valence-corrected chi connectivity index (χ0v) is 11.1. The fourth-order valence-corrected chi connectivity index (χ4v) is 5.74. The zero-order chi connectivity index (χ0) is 11.0. The smallest absolute Gasteiger partial charge is 0.271 e. The Morgan fingerprint density at radius 3 is 1.29 bits per heavy atom. The lowest BCUT2D eigenvalue weighted by atomic mass is 10.4. The second kappa shape index (κ2) is 3.58. The minimum atomic E-state index is -2.89. The van der Waals surface area contributed by atoms with Crippen molar-refractivity contribution in [1.82, 2.24) is 0 Å². The van der Waals surface area contributed by atoms with Gasteiger partial charge in [0, 0.05) is 0 Å². The lowest BCUT2D eigenvalue weighted by Crippen LogP contribution is -2.55. The summed E-state index contributed by atoms with van der Waals surface area (Å²) in [5.74, 6) is 0. The summed E-state index contributed by atoms with van der Waals surface area (Å²) in [6.07, 6.45) is 0. The Labute approximate surface area is 86.3 Å². The molecule has 0 saturated heterocycles. The van der Waals surface area contributed by atoms with Crippen LogP contribution in [0.3, 0.4) is 0 Å². The quantitative estimate of drug-likeness (QED) is 0.541. The Morgan fingerprint density at radius 1 is 0.786 bits per heavy atom. The van der Waals surface area contributed by atoms with Crippen molar-refractivity contribution in [1.29, 1.82) is 0 Å². The molecule has 0 amide bonds. The predicted octanol–water partition coefficient (Wildman–Crippen LogP) is 2.45. The van der Waals surface area contributed by atoms with E-state index in [1.54, 1.807) is 50.5 Å². The van der Waals surface area contributed by atoms with Crippen LogP contribution in [-0.4, -0.2) is 16.8 Å².